The predicted molar refractivity (Wildman–Crippen MR) is 84.6 cm³/mol. The van der Waals surface area contributed by atoms with E-state index in [1.807, 2.05) is 53.2 Å². The molecule has 0 spiro atoms. The molecule has 0 aliphatic heterocycles. The first-order valence-corrected chi connectivity index (χ1v) is 7.61. The fraction of sp³-hybridized carbons (Fsp3) is 0.294. The molecule has 2 atom stereocenters. The fourth-order valence-electron chi connectivity index (χ4n) is 3.05. The van der Waals surface area contributed by atoms with Crippen molar-refractivity contribution in [3.05, 3.63) is 48.8 Å². The number of hydrogen-bond acceptors (Lipinski definition) is 3. The van der Waals surface area contributed by atoms with E-state index in [9.17, 15) is 4.39 Å². The molecule has 0 aromatic carbocycles. The summed E-state index contributed by atoms with van der Waals surface area (Å²) < 4.78 is 15.8. The summed E-state index contributed by atoms with van der Waals surface area (Å²) in [5.74, 6) is 0.720. The van der Waals surface area contributed by atoms with Crippen LogP contribution in [0.3, 0.4) is 0 Å². The van der Waals surface area contributed by atoms with Crippen LogP contribution in [0.25, 0.3) is 17.0 Å². The lowest BCUT2D eigenvalue weighted by Gasteiger charge is -2.16. The number of halogens is 1. The van der Waals surface area contributed by atoms with E-state index in [2.05, 4.69) is 15.3 Å². The number of anilines is 1. The Balaban J connectivity index is 1.67. The first kappa shape index (κ1) is 13.2. The standard InChI is InChI=1S/C17H17FN4/c18-12-5-3-6-13(12)20-16-8-4-7-14(21-16)15-11-19-17-9-1-2-10-22(15)17/h1-2,4,7-13H,3,5-6H2,(H,20,21)/t12-,13-/m0/s1. The molecule has 0 radical (unpaired) electrons. The Hall–Kier alpha value is -2.43. The van der Waals surface area contributed by atoms with Crippen molar-refractivity contribution in [2.45, 2.75) is 31.5 Å². The smallest absolute Gasteiger partial charge is 0.137 e. The molecule has 0 saturated heterocycles. The summed E-state index contributed by atoms with van der Waals surface area (Å²) in [7, 11) is 0. The first-order valence-electron chi connectivity index (χ1n) is 7.61. The Bertz CT molecular complexity index is 798. The van der Waals surface area contributed by atoms with Crippen LogP contribution in [0.5, 0.6) is 0 Å². The third-order valence-corrected chi connectivity index (χ3v) is 4.19. The Morgan fingerprint density at radius 2 is 2.09 bits per heavy atom. The zero-order chi connectivity index (χ0) is 14.9. The lowest BCUT2D eigenvalue weighted by molar-refractivity contribution is 0.323. The van der Waals surface area contributed by atoms with Crippen molar-refractivity contribution in [3.8, 4) is 11.4 Å². The third-order valence-electron chi connectivity index (χ3n) is 4.19. The predicted octanol–water partition coefficient (Wildman–Crippen LogP) is 3.70. The van der Waals surface area contributed by atoms with Gasteiger partial charge in [0.15, 0.2) is 0 Å². The number of fused-ring (bicyclic) bond motifs is 1. The van der Waals surface area contributed by atoms with Crippen LogP contribution in [0.15, 0.2) is 48.8 Å². The minimum Gasteiger partial charge on any atom is -0.364 e. The van der Waals surface area contributed by atoms with E-state index in [-0.39, 0.29) is 6.04 Å². The number of hydrogen-bond donors (Lipinski definition) is 1. The largest absolute Gasteiger partial charge is 0.364 e. The van der Waals surface area contributed by atoms with Gasteiger partial charge in [-0.2, -0.15) is 0 Å². The minimum atomic E-state index is -0.777. The number of rotatable bonds is 3. The number of pyridine rings is 2. The molecule has 1 aliphatic carbocycles. The Morgan fingerprint density at radius 1 is 1.14 bits per heavy atom. The average Bonchev–Trinajstić information content (AvgIpc) is 3.14. The quantitative estimate of drug-likeness (QED) is 0.801. The highest BCUT2D eigenvalue weighted by molar-refractivity contribution is 5.61. The van der Waals surface area contributed by atoms with Gasteiger partial charge in [0.2, 0.25) is 0 Å². The van der Waals surface area contributed by atoms with E-state index in [0.717, 1.165) is 35.7 Å². The lowest BCUT2D eigenvalue weighted by atomic mass is 10.2. The Morgan fingerprint density at radius 3 is 2.95 bits per heavy atom. The van der Waals surface area contributed by atoms with Crippen LogP contribution in [0.4, 0.5) is 10.2 Å². The SMILES string of the molecule is F[C@H]1CCC[C@@H]1Nc1cccc(-c2cnc3ccccn23)n1. The second kappa shape index (κ2) is 5.40. The molecule has 0 unspecified atom stereocenters. The van der Waals surface area contributed by atoms with Gasteiger partial charge in [0.1, 0.15) is 17.6 Å². The zero-order valence-corrected chi connectivity index (χ0v) is 12.1. The highest BCUT2D eigenvalue weighted by atomic mass is 19.1. The molecule has 1 aliphatic rings. The van der Waals surface area contributed by atoms with Gasteiger partial charge in [-0.15, -0.1) is 0 Å². The van der Waals surface area contributed by atoms with Gasteiger partial charge in [-0.3, -0.25) is 4.40 Å². The summed E-state index contributed by atoms with van der Waals surface area (Å²) in [5.41, 5.74) is 2.65. The van der Waals surface area contributed by atoms with Gasteiger partial charge in [-0.1, -0.05) is 12.1 Å². The third kappa shape index (κ3) is 2.32. The Kier molecular flexibility index (Phi) is 3.25. The lowest BCUT2D eigenvalue weighted by Crippen LogP contribution is -2.25. The van der Waals surface area contributed by atoms with Crippen molar-refractivity contribution in [3.63, 3.8) is 0 Å². The zero-order valence-electron chi connectivity index (χ0n) is 12.1. The molecule has 3 aromatic heterocycles. The molecule has 5 heteroatoms. The molecule has 1 fully saturated rings. The van der Waals surface area contributed by atoms with Gasteiger partial charge < -0.3 is 5.32 Å². The number of nitrogens with zero attached hydrogens (tertiary/aromatic N) is 3. The van der Waals surface area contributed by atoms with Gasteiger partial charge >= 0.3 is 0 Å². The molecule has 0 amide bonds. The molecule has 0 bridgehead atoms. The van der Waals surface area contributed by atoms with Gasteiger partial charge in [-0.25, -0.2) is 14.4 Å². The van der Waals surface area contributed by atoms with E-state index in [4.69, 9.17) is 0 Å². The van der Waals surface area contributed by atoms with Crippen molar-refractivity contribution in [1.29, 1.82) is 0 Å². The summed E-state index contributed by atoms with van der Waals surface area (Å²) in [6, 6.07) is 11.5. The second-order valence-electron chi connectivity index (χ2n) is 5.68. The average molecular weight is 296 g/mol. The Labute approximate surface area is 128 Å². The van der Waals surface area contributed by atoms with Crippen LogP contribution >= 0.6 is 0 Å². The normalized spacial score (nSPS) is 21.3. The number of aromatic nitrogens is 3. The van der Waals surface area contributed by atoms with Crippen LogP contribution in [-0.2, 0) is 0 Å². The van der Waals surface area contributed by atoms with Crippen LogP contribution < -0.4 is 5.32 Å². The molecular weight excluding hydrogens is 279 g/mol. The van der Waals surface area contributed by atoms with Gasteiger partial charge in [0.05, 0.1) is 23.6 Å². The molecular formula is C17H17FN4. The highest BCUT2D eigenvalue weighted by Gasteiger charge is 2.27. The minimum absolute atomic E-state index is 0.120. The van der Waals surface area contributed by atoms with E-state index >= 15 is 0 Å². The van der Waals surface area contributed by atoms with Crippen LogP contribution in [0.2, 0.25) is 0 Å². The molecule has 3 heterocycles. The molecule has 1 N–H and O–H groups in total. The summed E-state index contributed by atoms with van der Waals surface area (Å²) in [6.45, 7) is 0. The molecule has 1 saturated carbocycles. The summed E-state index contributed by atoms with van der Waals surface area (Å²) in [5, 5.41) is 3.23. The molecule has 112 valence electrons. The van der Waals surface area contributed by atoms with Crippen molar-refractivity contribution in [2.24, 2.45) is 0 Å². The second-order valence-corrected chi connectivity index (χ2v) is 5.68. The molecule has 22 heavy (non-hydrogen) atoms. The van der Waals surface area contributed by atoms with Crippen LogP contribution in [-0.4, -0.2) is 26.6 Å². The summed E-state index contributed by atoms with van der Waals surface area (Å²) in [4.78, 5) is 9.01. The van der Waals surface area contributed by atoms with Crippen molar-refractivity contribution in [1.82, 2.24) is 14.4 Å². The fourth-order valence-corrected chi connectivity index (χ4v) is 3.05. The first-order chi connectivity index (χ1) is 10.8. The number of imidazole rings is 1. The van der Waals surface area contributed by atoms with E-state index in [1.165, 1.54) is 0 Å². The van der Waals surface area contributed by atoms with Crippen LogP contribution in [0.1, 0.15) is 19.3 Å². The van der Waals surface area contributed by atoms with Gasteiger partial charge in [-0.05, 0) is 43.5 Å². The highest BCUT2D eigenvalue weighted by Crippen LogP contribution is 2.26. The van der Waals surface area contributed by atoms with Crippen molar-refractivity contribution >= 4 is 11.5 Å². The van der Waals surface area contributed by atoms with Gasteiger partial charge in [0, 0.05) is 6.20 Å². The summed E-state index contributed by atoms with van der Waals surface area (Å²) in [6.07, 6.45) is 5.45. The monoisotopic (exact) mass is 296 g/mol. The van der Waals surface area contributed by atoms with Crippen LogP contribution in [0, 0.1) is 0 Å². The van der Waals surface area contributed by atoms with Gasteiger partial charge in [0.25, 0.3) is 0 Å². The molecule has 3 aromatic rings. The maximum atomic E-state index is 13.8. The van der Waals surface area contributed by atoms with E-state index in [1.54, 1.807) is 0 Å². The maximum Gasteiger partial charge on any atom is 0.137 e. The summed E-state index contributed by atoms with van der Waals surface area (Å²) >= 11 is 0. The van der Waals surface area contributed by atoms with Crippen molar-refractivity contribution in [2.75, 3.05) is 5.32 Å². The number of nitrogens with one attached hydrogen (secondary N) is 1. The molecule has 4 rings (SSSR count). The van der Waals surface area contributed by atoms with E-state index in [0.29, 0.717) is 6.42 Å². The number of alkyl halides is 1. The molecule has 4 nitrogen and oxygen atoms in total. The maximum absolute atomic E-state index is 13.8. The topological polar surface area (TPSA) is 42.2 Å². The van der Waals surface area contributed by atoms with E-state index < -0.39 is 6.17 Å². The van der Waals surface area contributed by atoms with Crippen molar-refractivity contribution < 1.29 is 4.39 Å².